The van der Waals surface area contributed by atoms with E-state index in [-0.39, 0.29) is 23.0 Å². The monoisotopic (exact) mass is 705 g/mol. The van der Waals surface area contributed by atoms with Crippen LogP contribution in [0.5, 0.6) is 17.2 Å². The van der Waals surface area contributed by atoms with Crippen molar-refractivity contribution in [1.82, 2.24) is 19.4 Å². The summed E-state index contributed by atoms with van der Waals surface area (Å²) >= 11 is 0. The average molecular weight is 706 g/mol. The molecule has 0 spiro atoms. The minimum Gasteiger partial charge on any atom is -0.493 e. The maximum Gasteiger partial charge on any atom is 0.265 e. The number of ether oxygens (including phenoxy) is 3. The molecule has 4 aromatic carbocycles. The number of anilines is 1. The van der Waals surface area contributed by atoms with E-state index in [1.165, 1.54) is 29.8 Å². The first kappa shape index (κ1) is 35.0. The van der Waals surface area contributed by atoms with Gasteiger partial charge in [-0.05, 0) is 86.4 Å². The van der Waals surface area contributed by atoms with Crippen LogP contribution < -0.4 is 19.1 Å². The molecule has 0 radical (unpaired) electrons. The highest BCUT2D eigenvalue weighted by atomic mass is 19.1. The first-order chi connectivity index (χ1) is 25.3. The number of carbonyl (C=O) groups excluding carboxylic acids is 2. The fraction of sp³-hybridized carbons (Fsp3) is 0.341. The van der Waals surface area contributed by atoms with E-state index in [9.17, 15) is 14.0 Å². The maximum absolute atomic E-state index is 14.0. The molecule has 1 aromatic heterocycles. The zero-order valence-corrected chi connectivity index (χ0v) is 29.9. The smallest absolute Gasteiger partial charge is 0.265 e. The van der Waals surface area contributed by atoms with Crippen molar-refractivity contribution < 1.29 is 28.2 Å². The predicted molar refractivity (Wildman–Crippen MR) is 198 cm³/mol. The van der Waals surface area contributed by atoms with Gasteiger partial charge in [0.1, 0.15) is 5.82 Å². The van der Waals surface area contributed by atoms with Gasteiger partial charge >= 0.3 is 0 Å². The average Bonchev–Trinajstić information content (AvgIpc) is 3.72. The molecule has 11 heteroatoms. The largest absolute Gasteiger partial charge is 0.493 e. The van der Waals surface area contributed by atoms with Crippen molar-refractivity contribution >= 4 is 28.8 Å². The number of hydrogen-bond acceptors (Lipinski definition) is 8. The van der Waals surface area contributed by atoms with Crippen LogP contribution in [-0.2, 0) is 5.41 Å². The van der Waals surface area contributed by atoms with Crippen LogP contribution in [0.2, 0.25) is 0 Å². The number of para-hydroxylation sites is 2. The van der Waals surface area contributed by atoms with Crippen LogP contribution in [0.25, 0.3) is 11.0 Å². The van der Waals surface area contributed by atoms with Crippen LogP contribution in [0.15, 0.2) is 91.0 Å². The fourth-order valence-corrected chi connectivity index (χ4v) is 7.72. The maximum atomic E-state index is 14.0. The number of imidazole rings is 1. The number of amides is 1. The Morgan fingerprint density at radius 1 is 0.769 bits per heavy atom. The lowest BCUT2D eigenvalue weighted by Crippen LogP contribution is -2.39. The van der Waals surface area contributed by atoms with Crippen molar-refractivity contribution in [2.45, 2.75) is 24.7 Å². The molecule has 1 atom stereocenters. The molecule has 1 amide bonds. The van der Waals surface area contributed by atoms with E-state index in [0.717, 1.165) is 56.5 Å². The van der Waals surface area contributed by atoms with E-state index >= 15 is 0 Å². The van der Waals surface area contributed by atoms with Crippen LogP contribution in [0.4, 0.5) is 10.3 Å². The van der Waals surface area contributed by atoms with Crippen LogP contribution in [0.1, 0.15) is 45.5 Å². The summed E-state index contributed by atoms with van der Waals surface area (Å²) in [5.41, 5.74) is 3.40. The summed E-state index contributed by atoms with van der Waals surface area (Å²) in [7, 11) is 4.65. The van der Waals surface area contributed by atoms with Crippen molar-refractivity contribution in [2.75, 3.05) is 72.0 Å². The standard InChI is InChI=1S/C41H44FN5O5/c1-50-35-26-30(27-36(51-2)37(35)52-3)38(48)46-23-19-41(28-46,31-10-5-4-6-11-31)18-22-44-20-9-21-45(25-24-44)40-43-33-12-7-8-13-34(33)47(40)39(49)29-14-16-32(42)17-15-29/h4-8,10-17,26-27H,9,18-25,28H2,1-3H3. The minimum atomic E-state index is -0.385. The van der Waals surface area contributed by atoms with E-state index in [1.807, 2.05) is 35.2 Å². The lowest BCUT2D eigenvalue weighted by Gasteiger charge is -2.33. The fourth-order valence-electron chi connectivity index (χ4n) is 7.72. The topological polar surface area (TPSA) is 89.4 Å². The van der Waals surface area contributed by atoms with Crippen molar-refractivity contribution in [3.63, 3.8) is 0 Å². The Morgan fingerprint density at radius 3 is 2.19 bits per heavy atom. The van der Waals surface area contributed by atoms with E-state index in [4.69, 9.17) is 19.2 Å². The molecular weight excluding hydrogens is 661 g/mol. The molecule has 2 aliphatic rings. The normalized spacial score (nSPS) is 18.0. The van der Waals surface area contributed by atoms with E-state index in [1.54, 1.807) is 38.0 Å². The summed E-state index contributed by atoms with van der Waals surface area (Å²) < 4.78 is 31.9. The van der Waals surface area contributed by atoms with Crippen molar-refractivity contribution in [3.8, 4) is 17.2 Å². The first-order valence-corrected chi connectivity index (χ1v) is 17.7. The van der Waals surface area contributed by atoms with Gasteiger partial charge in [0.25, 0.3) is 11.8 Å². The Labute approximate surface area is 303 Å². The third-order valence-corrected chi connectivity index (χ3v) is 10.6. The summed E-state index contributed by atoms with van der Waals surface area (Å²) in [5, 5.41) is 0. The number of likely N-dealkylation sites (tertiary alicyclic amines) is 1. The van der Waals surface area contributed by atoms with Gasteiger partial charge in [-0.15, -0.1) is 0 Å². The molecule has 3 heterocycles. The molecule has 7 rings (SSSR count). The molecule has 0 bridgehead atoms. The van der Waals surface area contributed by atoms with Crippen molar-refractivity contribution in [3.05, 3.63) is 114 Å². The number of nitrogens with zero attached hydrogens (tertiary/aromatic N) is 5. The van der Waals surface area contributed by atoms with Gasteiger partial charge in [0, 0.05) is 49.3 Å². The second kappa shape index (κ2) is 15.1. The Balaban J connectivity index is 1.08. The summed E-state index contributed by atoms with van der Waals surface area (Å²) in [5.74, 6) is 1.27. The minimum absolute atomic E-state index is 0.0689. The zero-order valence-electron chi connectivity index (χ0n) is 29.9. The zero-order chi connectivity index (χ0) is 36.2. The molecule has 2 aliphatic heterocycles. The molecular formula is C41H44FN5O5. The molecule has 2 fully saturated rings. The number of rotatable bonds is 10. The number of aromatic nitrogens is 2. The number of fused-ring (bicyclic) bond motifs is 1. The molecule has 1 unspecified atom stereocenters. The molecule has 52 heavy (non-hydrogen) atoms. The highest BCUT2D eigenvalue weighted by molar-refractivity contribution is 6.03. The number of hydrogen-bond donors (Lipinski definition) is 0. The Morgan fingerprint density at radius 2 is 1.48 bits per heavy atom. The predicted octanol–water partition coefficient (Wildman–Crippen LogP) is 6.28. The molecule has 0 N–H and O–H groups in total. The van der Waals surface area contributed by atoms with Gasteiger partial charge in [-0.2, -0.15) is 0 Å². The highest BCUT2D eigenvalue weighted by Crippen LogP contribution is 2.41. The van der Waals surface area contributed by atoms with Crippen LogP contribution in [0, 0.1) is 5.82 Å². The quantitative estimate of drug-likeness (QED) is 0.168. The van der Waals surface area contributed by atoms with Gasteiger partial charge in [-0.25, -0.2) is 13.9 Å². The van der Waals surface area contributed by atoms with Crippen LogP contribution in [-0.4, -0.2) is 98.3 Å². The van der Waals surface area contributed by atoms with Crippen molar-refractivity contribution in [1.29, 1.82) is 0 Å². The second-order valence-corrected chi connectivity index (χ2v) is 13.5. The first-order valence-electron chi connectivity index (χ1n) is 17.7. The van der Waals surface area contributed by atoms with Gasteiger partial charge in [-0.1, -0.05) is 42.5 Å². The highest BCUT2D eigenvalue weighted by Gasteiger charge is 2.42. The lowest BCUT2D eigenvalue weighted by molar-refractivity contribution is 0.0779. The molecule has 10 nitrogen and oxygen atoms in total. The van der Waals surface area contributed by atoms with Crippen molar-refractivity contribution in [2.24, 2.45) is 0 Å². The van der Waals surface area contributed by atoms with E-state index in [0.29, 0.717) is 54.0 Å². The SMILES string of the molecule is COc1cc(C(=O)N2CCC(CCN3CCCN(c4nc5ccccc5n4C(=O)c4ccc(F)cc4)CC3)(c3ccccc3)C2)cc(OC)c1OC. The molecule has 0 saturated carbocycles. The molecule has 5 aromatic rings. The third kappa shape index (κ3) is 6.80. The van der Waals surface area contributed by atoms with Gasteiger partial charge < -0.3 is 28.9 Å². The van der Waals surface area contributed by atoms with Gasteiger partial charge in [0.15, 0.2) is 11.5 Å². The third-order valence-electron chi connectivity index (χ3n) is 10.6. The second-order valence-electron chi connectivity index (χ2n) is 13.5. The van der Waals surface area contributed by atoms with E-state index < -0.39 is 0 Å². The summed E-state index contributed by atoms with van der Waals surface area (Å²) in [6.45, 7) is 5.24. The number of carbonyl (C=O) groups is 2. The Kier molecular flexibility index (Phi) is 10.1. The van der Waals surface area contributed by atoms with Gasteiger partial charge in [0.05, 0.1) is 32.4 Å². The van der Waals surface area contributed by atoms with Crippen LogP contribution >= 0.6 is 0 Å². The number of methoxy groups -OCH3 is 3. The van der Waals surface area contributed by atoms with Gasteiger partial charge in [0.2, 0.25) is 11.7 Å². The molecule has 0 aliphatic carbocycles. The Hall–Kier alpha value is -5.42. The molecule has 2 saturated heterocycles. The Bertz CT molecular complexity index is 2030. The number of halogens is 1. The molecule has 270 valence electrons. The van der Waals surface area contributed by atoms with Crippen LogP contribution in [0.3, 0.4) is 0 Å². The van der Waals surface area contributed by atoms with E-state index in [2.05, 4.69) is 34.1 Å². The summed E-state index contributed by atoms with van der Waals surface area (Å²) in [6.07, 6.45) is 2.64. The summed E-state index contributed by atoms with van der Waals surface area (Å²) in [6, 6.07) is 27.3. The number of benzene rings is 4. The lowest BCUT2D eigenvalue weighted by atomic mass is 9.76. The van der Waals surface area contributed by atoms with Gasteiger partial charge in [-0.3, -0.25) is 9.59 Å². The summed E-state index contributed by atoms with van der Waals surface area (Å²) in [4.78, 5) is 39.4.